The third-order valence-electron chi connectivity index (χ3n) is 12.1. The quantitative estimate of drug-likeness (QED) is 0.174. The zero-order chi connectivity index (χ0) is 51.6. The SMILES string of the molecule is [2H]C([2H])([2H])OC(=O)[C@H]1[C@@H]2C[C@@H](O[C@@H]3O[C@H](C)[C@@H](O)[C@H](N)[C@@H]3O)/C=C/C=C/C=C/C=C/C=C/C=C/C=C/[C@H](C)[C@@H](O)[C@@H](C)[C@H](C)OC(=O)C[C@H](O)C[C@H](O)CC[C@@H](O)[C@H](O)C[C@H](O)C[C@](O)(C[C@@H]1O)O2. The summed E-state index contributed by atoms with van der Waals surface area (Å²) in [6.45, 7) is 6.69. The van der Waals surface area contributed by atoms with Gasteiger partial charge in [0.1, 0.15) is 18.1 Å². The van der Waals surface area contributed by atoms with Gasteiger partial charge in [-0.1, -0.05) is 98.9 Å². The fraction of sp³-hybridized carbons (Fsp3) is 0.667. The molecule has 3 rings (SSSR count). The van der Waals surface area contributed by atoms with Crippen molar-refractivity contribution in [2.24, 2.45) is 23.5 Å². The molecule has 0 unspecified atom stereocenters. The maximum atomic E-state index is 13.3. The first kappa shape index (κ1) is 51.9. The Hall–Kier alpha value is -3.44. The Labute approximate surface area is 391 Å². The van der Waals surface area contributed by atoms with Crippen LogP contribution in [-0.2, 0) is 33.3 Å². The molecule has 374 valence electrons. The summed E-state index contributed by atoms with van der Waals surface area (Å²) in [6, 6.07) is -1.20. The first-order valence-corrected chi connectivity index (χ1v) is 22.5. The number of esters is 2. The van der Waals surface area contributed by atoms with Crippen molar-refractivity contribution in [3.8, 4) is 0 Å². The molecule has 0 aliphatic carbocycles. The third kappa shape index (κ3) is 18.6. The fourth-order valence-electron chi connectivity index (χ4n) is 8.02. The van der Waals surface area contributed by atoms with Crippen LogP contribution in [0.25, 0.3) is 0 Å². The standard InChI is InChI=1S/C48H75NO17/c1-28-18-16-14-12-10-8-6-7-9-11-13-15-17-19-35(65-47-45(59)42(49)44(58)31(4)64-47)25-39-41(46(60)62-5)38(55)27-48(61,66-39)26-34(52)23-37(54)36(53)21-20-32(50)22-33(51)24-40(56)63-30(3)29(2)43(28)57/h6-19,28-39,41-45,47,50-55,57-59,61H,20-27,49H2,1-5H3/b7-6+,10-8+,11-9+,14-12+,15-13+,18-16+,19-17+/t28-,29-,30-,31+,32+,33+,34-,35-,36+,37+,38-,39-,41+,42-,43+,44+,45-,47-,48+/m0/s1/i5D3. The largest absolute Gasteiger partial charge is 0.469 e. The van der Waals surface area contributed by atoms with E-state index in [0.717, 1.165) is 0 Å². The van der Waals surface area contributed by atoms with Gasteiger partial charge in [-0.15, -0.1) is 0 Å². The Morgan fingerprint density at radius 3 is 1.89 bits per heavy atom. The van der Waals surface area contributed by atoms with Crippen LogP contribution in [0, 0.1) is 17.8 Å². The molecule has 0 saturated carbocycles. The predicted molar refractivity (Wildman–Crippen MR) is 241 cm³/mol. The molecule has 3 aliphatic heterocycles. The van der Waals surface area contributed by atoms with Crippen molar-refractivity contribution in [2.75, 3.05) is 7.04 Å². The second kappa shape index (κ2) is 28.1. The van der Waals surface area contributed by atoms with Gasteiger partial charge < -0.3 is 80.5 Å². The smallest absolute Gasteiger partial charge is 0.313 e. The van der Waals surface area contributed by atoms with E-state index in [9.17, 15) is 60.7 Å². The van der Waals surface area contributed by atoms with Crippen molar-refractivity contribution < 1.29 is 88.5 Å². The summed E-state index contributed by atoms with van der Waals surface area (Å²) in [7, 11) is -3.24. The second-order valence-electron chi connectivity index (χ2n) is 17.7. The summed E-state index contributed by atoms with van der Waals surface area (Å²) in [6.07, 6.45) is 1.81. The predicted octanol–water partition coefficient (Wildman–Crippen LogP) is 0.800. The topological polar surface area (TPSA) is 309 Å². The molecule has 18 nitrogen and oxygen atoms in total. The van der Waals surface area contributed by atoms with Crippen LogP contribution in [0.1, 0.15) is 83.2 Å². The van der Waals surface area contributed by atoms with Crippen molar-refractivity contribution in [3.05, 3.63) is 85.1 Å². The minimum absolute atomic E-state index is 0.138. The Balaban J connectivity index is 1.93. The molecule has 0 aromatic rings. The van der Waals surface area contributed by atoms with Crippen molar-refractivity contribution in [2.45, 2.75) is 177 Å². The highest BCUT2D eigenvalue weighted by Gasteiger charge is 2.51. The highest BCUT2D eigenvalue weighted by molar-refractivity contribution is 5.74. The molecule has 2 fully saturated rings. The Bertz CT molecular complexity index is 1790. The van der Waals surface area contributed by atoms with Gasteiger partial charge in [0.05, 0.1) is 90.8 Å². The van der Waals surface area contributed by atoms with Gasteiger partial charge in [-0.05, 0) is 33.1 Å². The first-order chi connectivity index (χ1) is 32.3. The highest BCUT2D eigenvalue weighted by Crippen LogP contribution is 2.38. The van der Waals surface area contributed by atoms with Crippen LogP contribution in [0.5, 0.6) is 0 Å². The van der Waals surface area contributed by atoms with Crippen molar-refractivity contribution in [1.29, 1.82) is 0 Å². The number of nitrogens with two attached hydrogens (primary N) is 1. The van der Waals surface area contributed by atoms with Crippen LogP contribution >= 0.6 is 0 Å². The van der Waals surface area contributed by atoms with E-state index in [-0.39, 0.29) is 25.2 Å². The number of ether oxygens (including phenoxy) is 5. The molecule has 19 atom stereocenters. The molecular formula is C48H75NO17. The van der Waals surface area contributed by atoms with Crippen molar-refractivity contribution in [3.63, 3.8) is 0 Å². The van der Waals surface area contributed by atoms with Crippen LogP contribution in [0.3, 0.4) is 0 Å². The van der Waals surface area contributed by atoms with Gasteiger partial charge >= 0.3 is 11.9 Å². The summed E-state index contributed by atoms with van der Waals surface area (Å²) in [5.74, 6) is -7.09. The van der Waals surface area contributed by atoms with Gasteiger partial charge in [-0.2, -0.15) is 0 Å². The molecule has 3 heterocycles. The van der Waals surface area contributed by atoms with Crippen LogP contribution in [-0.4, -0.2) is 168 Å². The minimum Gasteiger partial charge on any atom is -0.469 e. The number of cyclic esters (lactones) is 1. The molecule has 0 spiro atoms. The Morgan fingerprint density at radius 1 is 0.697 bits per heavy atom. The second-order valence-corrected chi connectivity index (χ2v) is 17.7. The lowest BCUT2D eigenvalue weighted by molar-refractivity contribution is -0.308. The number of aliphatic hydroxyl groups is 10. The number of methoxy groups -OCH3 is 1. The normalized spacial score (nSPS) is 45.8. The van der Waals surface area contributed by atoms with Crippen LogP contribution < -0.4 is 5.73 Å². The van der Waals surface area contributed by atoms with E-state index >= 15 is 0 Å². The maximum absolute atomic E-state index is 13.3. The fourth-order valence-corrected chi connectivity index (χ4v) is 8.02. The molecule has 2 saturated heterocycles. The summed E-state index contributed by atoms with van der Waals surface area (Å²) in [5.41, 5.74) is 6.04. The lowest BCUT2D eigenvalue weighted by atomic mass is 9.82. The summed E-state index contributed by atoms with van der Waals surface area (Å²) < 4.78 is 50.4. The van der Waals surface area contributed by atoms with E-state index < -0.39 is 160 Å². The van der Waals surface area contributed by atoms with Gasteiger partial charge in [0.25, 0.3) is 0 Å². The number of rotatable bonds is 3. The number of hydrogen-bond donors (Lipinski definition) is 11. The Kier molecular flexibility index (Phi) is 22.2. The van der Waals surface area contributed by atoms with E-state index in [1.54, 1.807) is 80.7 Å². The molecule has 18 heteroatoms. The number of aliphatic hydroxyl groups excluding tert-OH is 9. The molecule has 0 amide bonds. The van der Waals surface area contributed by atoms with E-state index in [0.29, 0.717) is 0 Å². The number of hydrogen-bond acceptors (Lipinski definition) is 18. The highest BCUT2D eigenvalue weighted by atomic mass is 16.7. The Morgan fingerprint density at radius 2 is 1.29 bits per heavy atom. The van der Waals surface area contributed by atoms with Crippen LogP contribution in [0.2, 0.25) is 0 Å². The van der Waals surface area contributed by atoms with Gasteiger partial charge in [-0.25, -0.2) is 0 Å². The maximum Gasteiger partial charge on any atom is 0.313 e. The van der Waals surface area contributed by atoms with Gasteiger partial charge in [-0.3, -0.25) is 9.59 Å². The van der Waals surface area contributed by atoms with Gasteiger partial charge in [0.2, 0.25) is 0 Å². The van der Waals surface area contributed by atoms with E-state index in [1.807, 2.05) is 13.0 Å². The summed E-state index contributed by atoms with van der Waals surface area (Å²) >= 11 is 0. The summed E-state index contributed by atoms with van der Waals surface area (Å²) in [4.78, 5) is 26.0. The zero-order valence-electron chi connectivity index (χ0n) is 41.0. The van der Waals surface area contributed by atoms with Crippen molar-refractivity contribution >= 4 is 11.9 Å². The van der Waals surface area contributed by atoms with Gasteiger partial charge in [0, 0.05) is 37.5 Å². The van der Waals surface area contributed by atoms with Crippen LogP contribution in [0.15, 0.2) is 85.1 Å². The monoisotopic (exact) mass is 941 g/mol. The van der Waals surface area contributed by atoms with E-state index in [1.165, 1.54) is 19.1 Å². The molecule has 0 aromatic carbocycles. The van der Waals surface area contributed by atoms with Gasteiger partial charge in [0.15, 0.2) is 12.1 Å². The zero-order valence-corrected chi connectivity index (χ0v) is 38.0. The molecule has 66 heavy (non-hydrogen) atoms. The molecular weight excluding hydrogens is 863 g/mol. The molecule has 2 bridgehead atoms. The molecule has 0 aromatic heterocycles. The number of carbonyl (C=O) groups is 2. The number of fused-ring (bicyclic) bond motifs is 2. The average Bonchev–Trinajstić information content (AvgIpc) is 3.24. The number of allylic oxidation sites excluding steroid dienone is 12. The average molecular weight is 941 g/mol. The van der Waals surface area contributed by atoms with Crippen LogP contribution in [0.4, 0.5) is 0 Å². The first-order valence-electron chi connectivity index (χ1n) is 24.0. The lowest BCUT2D eigenvalue weighted by Gasteiger charge is -2.45. The lowest BCUT2D eigenvalue weighted by Crippen LogP contribution is -2.61. The van der Waals surface area contributed by atoms with E-state index in [4.69, 9.17) is 28.8 Å². The van der Waals surface area contributed by atoms with Crippen molar-refractivity contribution in [1.82, 2.24) is 0 Å². The molecule has 0 radical (unpaired) electrons. The minimum atomic E-state index is -3.24. The van der Waals surface area contributed by atoms with E-state index in [2.05, 4.69) is 4.74 Å². The molecule has 3 aliphatic rings. The number of carbonyl (C=O) groups excluding carboxylic acids is 2. The third-order valence-corrected chi connectivity index (χ3v) is 12.1. The summed E-state index contributed by atoms with van der Waals surface area (Å²) in [5, 5.41) is 109. The molecule has 12 N–H and O–H groups in total.